The van der Waals surface area contributed by atoms with Crippen molar-refractivity contribution in [1.82, 2.24) is 19.9 Å². The zero-order chi connectivity index (χ0) is 18.5. The Hall–Kier alpha value is -2.54. The molecule has 0 saturated carbocycles. The van der Waals surface area contributed by atoms with E-state index in [1.165, 1.54) is 0 Å². The van der Waals surface area contributed by atoms with Gasteiger partial charge in [0, 0.05) is 17.1 Å². The van der Waals surface area contributed by atoms with Crippen LogP contribution in [0.1, 0.15) is 29.9 Å². The lowest BCUT2D eigenvalue weighted by Gasteiger charge is -2.30. The molecular weight excluding hydrogens is 328 g/mol. The molecule has 1 amide bonds. The third-order valence-electron chi connectivity index (χ3n) is 4.61. The summed E-state index contributed by atoms with van der Waals surface area (Å²) in [4.78, 5) is 26.7. The smallest absolute Gasteiger partial charge is 0.231 e. The molecule has 0 bridgehead atoms. The Balaban J connectivity index is 1.58. The molecule has 2 aromatic heterocycles. The minimum atomic E-state index is -0.252. The SMILES string of the molecule is Cc1cc(C)nc(Nc2cccc(CC3CCN(CC(N)=O)CC3)n2)n1. The minimum absolute atomic E-state index is 0.252. The molecule has 3 N–H and O–H groups in total. The number of nitrogens with one attached hydrogen (secondary N) is 1. The highest BCUT2D eigenvalue weighted by molar-refractivity contribution is 5.75. The fourth-order valence-corrected chi connectivity index (χ4v) is 3.42. The summed E-state index contributed by atoms with van der Waals surface area (Å²) in [5.41, 5.74) is 8.19. The van der Waals surface area contributed by atoms with Gasteiger partial charge in [0.15, 0.2) is 0 Å². The number of piperidine rings is 1. The van der Waals surface area contributed by atoms with E-state index < -0.39 is 0 Å². The van der Waals surface area contributed by atoms with Gasteiger partial charge in [-0.25, -0.2) is 15.0 Å². The summed E-state index contributed by atoms with van der Waals surface area (Å²) in [6.45, 7) is 6.10. The fraction of sp³-hybridized carbons (Fsp3) is 0.474. The average Bonchev–Trinajstić information content (AvgIpc) is 2.55. The van der Waals surface area contributed by atoms with E-state index in [9.17, 15) is 4.79 Å². The van der Waals surface area contributed by atoms with E-state index in [0.29, 0.717) is 18.4 Å². The van der Waals surface area contributed by atoms with Gasteiger partial charge in [-0.05, 0) is 70.3 Å². The van der Waals surface area contributed by atoms with E-state index in [2.05, 4.69) is 26.3 Å². The van der Waals surface area contributed by atoms with Gasteiger partial charge in [0.1, 0.15) is 5.82 Å². The Kier molecular flexibility index (Phi) is 5.78. The molecule has 1 aliphatic heterocycles. The van der Waals surface area contributed by atoms with Crippen molar-refractivity contribution in [3.8, 4) is 0 Å². The monoisotopic (exact) mass is 354 g/mol. The molecule has 0 aromatic carbocycles. The van der Waals surface area contributed by atoms with Crippen LogP contribution in [0.5, 0.6) is 0 Å². The molecule has 7 nitrogen and oxygen atoms in total. The maximum absolute atomic E-state index is 11.0. The third kappa shape index (κ3) is 5.23. The van der Waals surface area contributed by atoms with Crippen LogP contribution in [-0.4, -0.2) is 45.4 Å². The lowest BCUT2D eigenvalue weighted by atomic mass is 9.92. The maximum atomic E-state index is 11.0. The van der Waals surface area contributed by atoms with Crippen molar-refractivity contribution in [2.45, 2.75) is 33.1 Å². The second-order valence-corrected chi connectivity index (χ2v) is 7.00. The van der Waals surface area contributed by atoms with Crippen LogP contribution in [0.3, 0.4) is 0 Å². The van der Waals surface area contributed by atoms with Crippen molar-refractivity contribution >= 4 is 17.7 Å². The number of amides is 1. The topological polar surface area (TPSA) is 97.0 Å². The number of aromatic nitrogens is 3. The van der Waals surface area contributed by atoms with Crippen LogP contribution < -0.4 is 11.1 Å². The summed E-state index contributed by atoms with van der Waals surface area (Å²) in [6.07, 6.45) is 3.06. The van der Waals surface area contributed by atoms with Crippen LogP contribution in [0.4, 0.5) is 11.8 Å². The van der Waals surface area contributed by atoms with Gasteiger partial charge in [0.05, 0.1) is 6.54 Å². The Labute approximate surface area is 154 Å². The average molecular weight is 354 g/mol. The van der Waals surface area contributed by atoms with Crippen LogP contribution in [0.25, 0.3) is 0 Å². The van der Waals surface area contributed by atoms with Crippen LogP contribution in [0.2, 0.25) is 0 Å². The van der Waals surface area contributed by atoms with E-state index in [-0.39, 0.29) is 5.91 Å². The van der Waals surface area contributed by atoms with Crippen molar-refractivity contribution in [3.05, 3.63) is 41.3 Å². The number of carbonyl (C=O) groups is 1. The number of anilines is 2. The van der Waals surface area contributed by atoms with Crippen LogP contribution in [-0.2, 0) is 11.2 Å². The third-order valence-corrected chi connectivity index (χ3v) is 4.61. The number of nitrogens with zero attached hydrogens (tertiary/aromatic N) is 4. The summed E-state index contributed by atoms with van der Waals surface area (Å²) in [6, 6.07) is 7.94. The van der Waals surface area contributed by atoms with E-state index in [0.717, 1.165) is 55.3 Å². The molecule has 1 saturated heterocycles. The van der Waals surface area contributed by atoms with Gasteiger partial charge in [-0.2, -0.15) is 0 Å². The van der Waals surface area contributed by atoms with E-state index in [1.54, 1.807) is 0 Å². The first-order chi connectivity index (χ1) is 12.5. The highest BCUT2D eigenvalue weighted by Gasteiger charge is 2.20. The molecule has 0 atom stereocenters. The first kappa shape index (κ1) is 18.3. The van der Waals surface area contributed by atoms with Crippen molar-refractivity contribution in [1.29, 1.82) is 0 Å². The Morgan fingerprint density at radius 2 is 1.88 bits per heavy atom. The molecule has 0 unspecified atom stereocenters. The van der Waals surface area contributed by atoms with Gasteiger partial charge in [-0.1, -0.05) is 6.07 Å². The second-order valence-electron chi connectivity index (χ2n) is 7.00. The number of primary amides is 1. The summed E-state index contributed by atoms with van der Waals surface area (Å²) in [7, 11) is 0. The van der Waals surface area contributed by atoms with Crippen LogP contribution >= 0.6 is 0 Å². The molecule has 3 heterocycles. The zero-order valence-corrected chi connectivity index (χ0v) is 15.4. The fourth-order valence-electron chi connectivity index (χ4n) is 3.42. The van der Waals surface area contributed by atoms with Crippen LogP contribution in [0, 0.1) is 19.8 Å². The number of hydrogen-bond donors (Lipinski definition) is 2. The van der Waals surface area contributed by atoms with Gasteiger partial charge in [-0.15, -0.1) is 0 Å². The van der Waals surface area contributed by atoms with Gasteiger partial charge in [-0.3, -0.25) is 9.69 Å². The number of carbonyl (C=O) groups excluding carboxylic acids is 1. The molecule has 0 aliphatic carbocycles. The predicted molar refractivity (Wildman–Crippen MR) is 101 cm³/mol. The molecule has 3 rings (SSSR count). The number of nitrogens with two attached hydrogens (primary N) is 1. The molecule has 0 spiro atoms. The maximum Gasteiger partial charge on any atom is 0.231 e. The molecule has 2 aromatic rings. The lowest BCUT2D eigenvalue weighted by molar-refractivity contribution is -0.119. The quantitative estimate of drug-likeness (QED) is 0.823. The van der Waals surface area contributed by atoms with Crippen LogP contribution in [0.15, 0.2) is 24.3 Å². The zero-order valence-electron chi connectivity index (χ0n) is 15.4. The van der Waals surface area contributed by atoms with Crippen molar-refractivity contribution in [2.75, 3.05) is 25.0 Å². The summed E-state index contributed by atoms with van der Waals surface area (Å²) >= 11 is 0. The number of hydrogen-bond acceptors (Lipinski definition) is 6. The molecular formula is C19H26N6O. The minimum Gasteiger partial charge on any atom is -0.369 e. The van der Waals surface area contributed by atoms with E-state index >= 15 is 0 Å². The standard InChI is InChI=1S/C19H26N6O/c1-13-10-14(2)22-19(21-13)24-18-5-3-4-16(23-18)11-15-6-8-25(9-7-15)12-17(20)26/h3-5,10,15H,6-9,11-12H2,1-2H3,(H2,20,26)(H,21,22,23,24). The number of aryl methyl sites for hydroxylation is 2. The summed E-state index contributed by atoms with van der Waals surface area (Å²) in [5.74, 6) is 1.67. The van der Waals surface area contributed by atoms with Gasteiger partial charge in [0.25, 0.3) is 0 Å². The second kappa shape index (κ2) is 8.23. The lowest BCUT2D eigenvalue weighted by Crippen LogP contribution is -2.39. The number of likely N-dealkylation sites (tertiary alicyclic amines) is 1. The Morgan fingerprint density at radius 3 is 2.54 bits per heavy atom. The normalized spacial score (nSPS) is 15.8. The van der Waals surface area contributed by atoms with E-state index in [4.69, 9.17) is 10.7 Å². The molecule has 26 heavy (non-hydrogen) atoms. The highest BCUT2D eigenvalue weighted by Crippen LogP contribution is 2.22. The first-order valence-corrected chi connectivity index (χ1v) is 9.04. The first-order valence-electron chi connectivity index (χ1n) is 9.04. The molecule has 0 radical (unpaired) electrons. The molecule has 7 heteroatoms. The summed E-state index contributed by atoms with van der Waals surface area (Å²) < 4.78 is 0. The number of pyridine rings is 1. The van der Waals surface area contributed by atoms with Gasteiger partial charge >= 0.3 is 0 Å². The highest BCUT2D eigenvalue weighted by atomic mass is 16.1. The van der Waals surface area contributed by atoms with Gasteiger partial charge in [0.2, 0.25) is 11.9 Å². The predicted octanol–water partition coefficient (Wildman–Crippen LogP) is 1.97. The largest absolute Gasteiger partial charge is 0.369 e. The van der Waals surface area contributed by atoms with Crippen molar-refractivity contribution in [2.24, 2.45) is 11.7 Å². The molecule has 138 valence electrons. The van der Waals surface area contributed by atoms with Gasteiger partial charge < -0.3 is 11.1 Å². The molecule has 1 fully saturated rings. The number of rotatable bonds is 6. The summed E-state index contributed by atoms with van der Waals surface area (Å²) in [5, 5.41) is 3.20. The Bertz CT molecular complexity index is 750. The Morgan fingerprint density at radius 1 is 1.19 bits per heavy atom. The van der Waals surface area contributed by atoms with Crippen molar-refractivity contribution < 1.29 is 4.79 Å². The molecule has 1 aliphatic rings. The van der Waals surface area contributed by atoms with Crippen molar-refractivity contribution in [3.63, 3.8) is 0 Å². The van der Waals surface area contributed by atoms with E-state index in [1.807, 2.05) is 32.0 Å².